The number of hydrogen-bond donors (Lipinski definition) is 0. The number of thiocarbonyl (C=S) groups is 1. The zero-order valence-corrected chi connectivity index (χ0v) is 16.6. The normalized spacial score (nSPS) is 12.1. The Balaban J connectivity index is 2.18. The maximum absolute atomic E-state index is 5.74. The summed E-state index contributed by atoms with van der Waals surface area (Å²) >= 11 is 5.39. The molecule has 1 aromatic carbocycles. The molecule has 0 aliphatic rings. The van der Waals surface area contributed by atoms with Gasteiger partial charge in [-0.3, -0.25) is 0 Å². The van der Waals surface area contributed by atoms with Crippen molar-refractivity contribution in [3.05, 3.63) is 35.9 Å². The van der Waals surface area contributed by atoms with Crippen molar-refractivity contribution in [3.63, 3.8) is 0 Å². The predicted octanol–water partition coefficient (Wildman–Crippen LogP) is 7.48. The van der Waals surface area contributed by atoms with E-state index in [0.29, 0.717) is 6.61 Å². The first-order valence-electron chi connectivity index (χ1n) is 9.95. The van der Waals surface area contributed by atoms with Crippen molar-refractivity contribution >= 4 is 17.3 Å². The Hall–Kier alpha value is -0.890. The number of hydrogen-bond acceptors (Lipinski definition) is 2. The molecule has 1 rings (SSSR count). The molecule has 1 unspecified atom stereocenters. The second-order valence-electron chi connectivity index (χ2n) is 6.90. The van der Waals surface area contributed by atoms with Gasteiger partial charge in [0.15, 0.2) is 5.05 Å². The minimum absolute atomic E-state index is 0.607. The van der Waals surface area contributed by atoms with E-state index in [9.17, 15) is 0 Å². The number of unbranched alkanes of at least 4 members (excludes halogenated alkanes) is 4. The fraction of sp³-hybridized carbons (Fsp3) is 0.682. The van der Waals surface area contributed by atoms with Crippen molar-refractivity contribution in [2.45, 2.75) is 91.1 Å². The average Bonchev–Trinajstić information content (AvgIpc) is 2.61. The SMILES string of the molecule is CCCCCCC(CCCC)CCCC(=S)OCc1ccccc1. The molecule has 0 saturated heterocycles. The van der Waals surface area contributed by atoms with E-state index in [-0.39, 0.29) is 0 Å². The molecule has 1 atom stereocenters. The van der Waals surface area contributed by atoms with Gasteiger partial charge in [-0.05, 0) is 36.5 Å². The zero-order valence-electron chi connectivity index (χ0n) is 15.8. The quantitative estimate of drug-likeness (QED) is 0.254. The maximum Gasteiger partial charge on any atom is 0.160 e. The van der Waals surface area contributed by atoms with E-state index in [2.05, 4.69) is 26.0 Å². The van der Waals surface area contributed by atoms with Crippen LogP contribution in [0.3, 0.4) is 0 Å². The average molecular weight is 349 g/mol. The lowest BCUT2D eigenvalue weighted by Gasteiger charge is -2.17. The van der Waals surface area contributed by atoms with Crippen LogP contribution in [0.15, 0.2) is 30.3 Å². The third kappa shape index (κ3) is 10.8. The molecule has 0 amide bonds. The summed E-state index contributed by atoms with van der Waals surface area (Å²) in [6.07, 6.45) is 14.4. The molecule has 0 aliphatic heterocycles. The predicted molar refractivity (Wildman–Crippen MR) is 109 cm³/mol. The second kappa shape index (κ2) is 14.5. The summed E-state index contributed by atoms with van der Waals surface area (Å²) in [6.45, 7) is 5.18. The monoisotopic (exact) mass is 348 g/mol. The summed E-state index contributed by atoms with van der Waals surface area (Å²) in [5.41, 5.74) is 1.19. The van der Waals surface area contributed by atoms with Crippen LogP contribution in [0.2, 0.25) is 0 Å². The molecule has 136 valence electrons. The minimum Gasteiger partial charge on any atom is -0.482 e. The molecule has 0 aliphatic carbocycles. The molecule has 24 heavy (non-hydrogen) atoms. The van der Waals surface area contributed by atoms with Crippen molar-refractivity contribution in [3.8, 4) is 0 Å². The first-order chi connectivity index (χ1) is 11.8. The minimum atomic E-state index is 0.607. The van der Waals surface area contributed by atoms with Crippen LogP contribution in [-0.2, 0) is 11.3 Å². The molecule has 0 fully saturated rings. The van der Waals surface area contributed by atoms with E-state index in [1.54, 1.807) is 0 Å². The highest BCUT2D eigenvalue weighted by Gasteiger charge is 2.09. The van der Waals surface area contributed by atoms with E-state index in [0.717, 1.165) is 17.4 Å². The molecule has 0 N–H and O–H groups in total. The summed E-state index contributed by atoms with van der Waals surface area (Å²) in [5.74, 6) is 0.888. The number of benzene rings is 1. The van der Waals surface area contributed by atoms with Gasteiger partial charge in [0.25, 0.3) is 0 Å². The van der Waals surface area contributed by atoms with Crippen molar-refractivity contribution < 1.29 is 4.74 Å². The zero-order chi connectivity index (χ0) is 17.5. The van der Waals surface area contributed by atoms with Crippen molar-refractivity contribution in [1.29, 1.82) is 0 Å². The molecule has 0 heterocycles. The van der Waals surface area contributed by atoms with Gasteiger partial charge in [-0.2, -0.15) is 0 Å². The highest BCUT2D eigenvalue weighted by atomic mass is 32.1. The fourth-order valence-electron chi connectivity index (χ4n) is 3.13. The Morgan fingerprint density at radius 1 is 0.875 bits per heavy atom. The van der Waals surface area contributed by atoms with E-state index >= 15 is 0 Å². The number of rotatable bonds is 14. The molecular formula is C22H36OS. The highest BCUT2D eigenvalue weighted by Crippen LogP contribution is 2.23. The molecule has 0 spiro atoms. The Morgan fingerprint density at radius 2 is 1.54 bits per heavy atom. The van der Waals surface area contributed by atoms with E-state index in [1.807, 2.05) is 18.2 Å². The van der Waals surface area contributed by atoms with Gasteiger partial charge in [-0.1, -0.05) is 95.5 Å². The highest BCUT2D eigenvalue weighted by molar-refractivity contribution is 7.80. The standard InChI is InChI=1S/C22H36OS/c1-3-5-7-9-14-20(13-6-4-2)17-12-18-22(24)23-19-21-15-10-8-11-16-21/h8,10-11,15-16,20H,3-7,9,12-14,17-19H2,1-2H3. The summed E-state index contributed by atoms with van der Waals surface area (Å²) in [5, 5.41) is 0.777. The summed E-state index contributed by atoms with van der Waals surface area (Å²) in [6, 6.07) is 10.3. The molecule has 2 heteroatoms. The van der Waals surface area contributed by atoms with E-state index < -0.39 is 0 Å². The third-order valence-electron chi connectivity index (χ3n) is 4.67. The van der Waals surface area contributed by atoms with Gasteiger partial charge in [0.1, 0.15) is 6.61 Å². The summed E-state index contributed by atoms with van der Waals surface area (Å²) in [4.78, 5) is 0. The molecule has 1 aromatic rings. The van der Waals surface area contributed by atoms with E-state index in [4.69, 9.17) is 17.0 Å². The van der Waals surface area contributed by atoms with Gasteiger partial charge in [0, 0.05) is 6.42 Å². The lowest BCUT2D eigenvalue weighted by Crippen LogP contribution is -2.05. The van der Waals surface area contributed by atoms with Crippen LogP contribution in [0.1, 0.15) is 90.0 Å². The van der Waals surface area contributed by atoms with Crippen LogP contribution in [0.5, 0.6) is 0 Å². The van der Waals surface area contributed by atoms with Gasteiger partial charge in [0.05, 0.1) is 0 Å². The van der Waals surface area contributed by atoms with Crippen LogP contribution >= 0.6 is 12.2 Å². The van der Waals surface area contributed by atoms with Crippen molar-refractivity contribution in [1.82, 2.24) is 0 Å². The number of ether oxygens (including phenoxy) is 1. The molecular weight excluding hydrogens is 312 g/mol. The second-order valence-corrected chi connectivity index (χ2v) is 7.35. The topological polar surface area (TPSA) is 9.23 Å². The van der Waals surface area contributed by atoms with Crippen molar-refractivity contribution in [2.24, 2.45) is 5.92 Å². The Morgan fingerprint density at radius 3 is 2.25 bits per heavy atom. The Bertz CT molecular complexity index is 415. The van der Waals surface area contributed by atoms with Crippen LogP contribution < -0.4 is 0 Å². The van der Waals surface area contributed by atoms with E-state index in [1.165, 1.54) is 69.8 Å². The van der Waals surface area contributed by atoms with Crippen LogP contribution in [0.25, 0.3) is 0 Å². The van der Waals surface area contributed by atoms with Gasteiger partial charge in [-0.15, -0.1) is 0 Å². The van der Waals surface area contributed by atoms with Crippen LogP contribution in [-0.4, -0.2) is 5.05 Å². The third-order valence-corrected chi connectivity index (χ3v) is 4.99. The summed E-state index contributed by atoms with van der Waals surface area (Å²) < 4.78 is 5.74. The Kier molecular flexibility index (Phi) is 12.7. The first kappa shape index (κ1) is 21.2. The molecule has 0 bridgehead atoms. The lowest BCUT2D eigenvalue weighted by molar-refractivity contribution is 0.288. The van der Waals surface area contributed by atoms with Gasteiger partial charge >= 0.3 is 0 Å². The van der Waals surface area contributed by atoms with Crippen molar-refractivity contribution in [2.75, 3.05) is 0 Å². The first-order valence-corrected chi connectivity index (χ1v) is 10.4. The van der Waals surface area contributed by atoms with Crippen LogP contribution in [0, 0.1) is 5.92 Å². The van der Waals surface area contributed by atoms with Gasteiger partial charge < -0.3 is 4.74 Å². The smallest absolute Gasteiger partial charge is 0.160 e. The lowest BCUT2D eigenvalue weighted by atomic mass is 9.90. The Labute approximate surface area is 155 Å². The largest absolute Gasteiger partial charge is 0.482 e. The fourth-order valence-corrected chi connectivity index (χ4v) is 3.33. The summed E-state index contributed by atoms with van der Waals surface area (Å²) in [7, 11) is 0. The molecule has 0 radical (unpaired) electrons. The molecule has 0 aromatic heterocycles. The van der Waals surface area contributed by atoms with Gasteiger partial charge in [0.2, 0.25) is 0 Å². The molecule has 0 saturated carbocycles. The van der Waals surface area contributed by atoms with Gasteiger partial charge in [-0.25, -0.2) is 0 Å². The van der Waals surface area contributed by atoms with Crippen LogP contribution in [0.4, 0.5) is 0 Å². The molecule has 1 nitrogen and oxygen atoms in total. The maximum atomic E-state index is 5.74.